The monoisotopic (exact) mass is 509 g/mol. The van der Waals surface area contributed by atoms with Gasteiger partial charge in [-0.25, -0.2) is 26.5 Å². The van der Waals surface area contributed by atoms with Gasteiger partial charge in [-0.05, 0) is 42.9 Å². The first-order chi connectivity index (χ1) is 15.6. The number of benzene rings is 1. The molecule has 4 rings (SSSR count). The quantitative estimate of drug-likeness (QED) is 0.537. The van der Waals surface area contributed by atoms with Gasteiger partial charge in [-0.15, -0.1) is 0 Å². The topological polar surface area (TPSA) is 160 Å². The van der Waals surface area contributed by atoms with Crippen LogP contribution in [0.5, 0.6) is 5.75 Å². The van der Waals surface area contributed by atoms with Gasteiger partial charge in [0.1, 0.15) is 16.2 Å². The van der Waals surface area contributed by atoms with E-state index in [2.05, 4.69) is 19.5 Å². The number of aromatic nitrogens is 2. The summed E-state index contributed by atoms with van der Waals surface area (Å²) in [5, 5.41) is 15.3. The summed E-state index contributed by atoms with van der Waals surface area (Å²) in [6, 6.07) is 3.84. The van der Waals surface area contributed by atoms with Gasteiger partial charge in [0.25, 0.3) is 15.6 Å². The molecule has 0 spiro atoms. The van der Waals surface area contributed by atoms with Gasteiger partial charge < -0.3 is 5.11 Å². The van der Waals surface area contributed by atoms with Crippen molar-refractivity contribution in [3.05, 3.63) is 39.8 Å². The zero-order valence-corrected chi connectivity index (χ0v) is 20.9. The summed E-state index contributed by atoms with van der Waals surface area (Å²) in [7, 11) is -7.83. The molecule has 0 saturated heterocycles. The number of nitrogens with zero attached hydrogens (tertiary/aromatic N) is 3. The summed E-state index contributed by atoms with van der Waals surface area (Å²) in [6.45, 7) is 6.39. The summed E-state index contributed by atoms with van der Waals surface area (Å²) < 4.78 is 54.8. The molecule has 3 N–H and O–H groups in total. The van der Waals surface area contributed by atoms with Gasteiger partial charge >= 0.3 is 0 Å². The molecule has 0 amide bonds. The fourth-order valence-electron chi connectivity index (χ4n) is 3.55. The number of hydrogen-bond acceptors (Lipinski definition) is 8. The molecule has 1 aromatic heterocycles. The number of hydrogen-bond donors (Lipinski definition) is 3. The Labute approximate surface area is 198 Å². The molecule has 1 aliphatic carbocycles. The second-order valence-corrected chi connectivity index (χ2v) is 13.2. The van der Waals surface area contributed by atoms with Crippen molar-refractivity contribution in [3.8, 4) is 5.75 Å². The van der Waals surface area contributed by atoms with E-state index < -0.39 is 25.6 Å². The molecule has 34 heavy (non-hydrogen) atoms. The number of anilines is 1. The second kappa shape index (κ2) is 8.08. The van der Waals surface area contributed by atoms with Crippen molar-refractivity contribution in [2.45, 2.75) is 57.4 Å². The predicted octanol–water partition coefficient (Wildman–Crippen LogP) is 2.00. The highest BCUT2D eigenvalue weighted by Crippen LogP contribution is 2.43. The molecule has 1 aliphatic heterocycles. The van der Waals surface area contributed by atoms with Gasteiger partial charge in [0.15, 0.2) is 11.6 Å². The number of nitrogens with one attached hydrogen (secondary N) is 2. The van der Waals surface area contributed by atoms with Gasteiger partial charge in [0, 0.05) is 18.2 Å². The predicted molar refractivity (Wildman–Crippen MR) is 128 cm³/mol. The minimum absolute atomic E-state index is 0.00190. The number of aliphatic imine (C=N–C) groups is 1. The molecule has 13 heteroatoms. The number of rotatable bonds is 6. The lowest BCUT2D eigenvalue weighted by Crippen LogP contribution is -2.40. The van der Waals surface area contributed by atoms with Crippen molar-refractivity contribution < 1.29 is 21.9 Å². The molecule has 1 aromatic carbocycles. The first-order valence-electron chi connectivity index (χ1n) is 10.7. The second-order valence-electron chi connectivity index (χ2n) is 9.84. The van der Waals surface area contributed by atoms with E-state index in [1.54, 1.807) is 0 Å². The van der Waals surface area contributed by atoms with Crippen molar-refractivity contribution in [2.75, 3.05) is 11.0 Å². The molecular weight excluding hydrogens is 482 g/mol. The number of fused-ring (bicyclic) bond motifs is 1. The third kappa shape index (κ3) is 5.09. The van der Waals surface area contributed by atoms with E-state index in [1.165, 1.54) is 16.8 Å². The Kier molecular flexibility index (Phi) is 5.75. The van der Waals surface area contributed by atoms with Crippen LogP contribution in [-0.2, 0) is 26.6 Å². The molecule has 2 aromatic rings. The van der Waals surface area contributed by atoms with Crippen LogP contribution in [0.3, 0.4) is 0 Å². The minimum Gasteiger partial charge on any atom is -0.505 e. The van der Waals surface area contributed by atoms with Crippen molar-refractivity contribution in [1.82, 2.24) is 14.5 Å². The van der Waals surface area contributed by atoms with Gasteiger partial charge in [-0.1, -0.05) is 20.8 Å². The van der Waals surface area contributed by atoms with Crippen LogP contribution in [0.25, 0.3) is 0 Å². The van der Waals surface area contributed by atoms with Crippen LogP contribution in [-0.4, -0.2) is 43.8 Å². The van der Waals surface area contributed by atoms with E-state index in [0.29, 0.717) is 18.7 Å². The molecule has 184 valence electrons. The number of sulfonamides is 2. The Morgan fingerprint density at radius 3 is 2.53 bits per heavy atom. The highest BCUT2D eigenvalue weighted by molar-refractivity contribution is 7.92. The summed E-state index contributed by atoms with van der Waals surface area (Å²) in [4.78, 5) is 17.3. The zero-order valence-electron chi connectivity index (χ0n) is 19.3. The largest absolute Gasteiger partial charge is 0.505 e. The number of amidine groups is 1. The van der Waals surface area contributed by atoms with Gasteiger partial charge in [0.2, 0.25) is 10.0 Å². The van der Waals surface area contributed by atoms with E-state index >= 15 is 0 Å². The van der Waals surface area contributed by atoms with Gasteiger partial charge in [-0.3, -0.25) is 14.2 Å². The summed E-state index contributed by atoms with van der Waals surface area (Å²) in [6.07, 6.45) is 3.22. The smallest absolute Gasteiger partial charge is 0.281 e. The van der Waals surface area contributed by atoms with Crippen LogP contribution >= 0.6 is 0 Å². The van der Waals surface area contributed by atoms with Crippen molar-refractivity contribution in [1.29, 1.82) is 0 Å². The standard InChI is InChI=1S/C21H27N5O6S2/c1-21(2,3)9-10-26-20(28)16(18(27)17(23-26)12-5-6-12)19-22-14-8-7-13(24-33(4,29)30)11-15(14)34(31,32)25-19/h7-8,11-12,24,27H,5-6,9-10H2,1-4H3,(H,22,25). The highest BCUT2D eigenvalue weighted by Gasteiger charge is 2.35. The SMILES string of the molecule is CC(C)(C)CCn1nc(C2CC2)c(O)c(C2=Nc3ccc(NS(C)(=O)=O)cc3S(=O)(=O)N2)c1=O. The molecule has 0 radical (unpaired) electrons. The number of aryl methyl sites for hydroxylation is 1. The Balaban J connectivity index is 1.84. The van der Waals surface area contributed by atoms with E-state index in [9.17, 15) is 26.7 Å². The molecule has 2 heterocycles. The van der Waals surface area contributed by atoms with Crippen molar-refractivity contribution in [3.63, 3.8) is 0 Å². The molecule has 11 nitrogen and oxygen atoms in total. The van der Waals surface area contributed by atoms with Crippen LogP contribution in [0.2, 0.25) is 0 Å². The average Bonchev–Trinajstić information content (AvgIpc) is 3.51. The molecule has 2 aliphatic rings. The number of aromatic hydroxyl groups is 1. The minimum atomic E-state index is -4.21. The van der Waals surface area contributed by atoms with Crippen LogP contribution in [0.15, 0.2) is 32.9 Å². The Morgan fingerprint density at radius 2 is 1.94 bits per heavy atom. The van der Waals surface area contributed by atoms with Crippen molar-refractivity contribution in [2.24, 2.45) is 10.4 Å². The molecule has 0 bridgehead atoms. The first kappa shape index (κ1) is 24.2. The van der Waals surface area contributed by atoms with Crippen LogP contribution < -0.4 is 15.0 Å². The fraction of sp³-hybridized carbons (Fsp3) is 0.476. The molecular formula is C21H27N5O6S2. The van der Waals surface area contributed by atoms with Crippen LogP contribution in [0.4, 0.5) is 11.4 Å². The lowest BCUT2D eigenvalue weighted by atomic mass is 9.92. The van der Waals surface area contributed by atoms with E-state index in [4.69, 9.17) is 0 Å². The lowest BCUT2D eigenvalue weighted by molar-refractivity contribution is 0.332. The maximum absolute atomic E-state index is 13.3. The summed E-state index contributed by atoms with van der Waals surface area (Å²) >= 11 is 0. The Hall–Kier alpha value is -2.93. The van der Waals surface area contributed by atoms with Gasteiger partial charge in [0.05, 0.1) is 11.9 Å². The highest BCUT2D eigenvalue weighted by atomic mass is 32.2. The third-order valence-corrected chi connectivity index (χ3v) is 7.42. The third-order valence-electron chi connectivity index (χ3n) is 5.45. The summed E-state index contributed by atoms with van der Waals surface area (Å²) in [5.74, 6) is -0.676. The first-order valence-corrected chi connectivity index (χ1v) is 14.1. The lowest BCUT2D eigenvalue weighted by Gasteiger charge is -2.22. The van der Waals surface area contributed by atoms with Crippen LogP contribution in [0, 0.1) is 5.41 Å². The fourth-order valence-corrected chi connectivity index (χ4v) is 5.29. The van der Waals surface area contributed by atoms with Gasteiger partial charge in [-0.2, -0.15) is 5.10 Å². The van der Waals surface area contributed by atoms with E-state index in [1.807, 2.05) is 20.8 Å². The molecule has 0 atom stereocenters. The van der Waals surface area contributed by atoms with Crippen LogP contribution in [0.1, 0.15) is 57.2 Å². The van der Waals surface area contributed by atoms with E-state index in [-0.39, 0.29) is 44.8 Å². The average molecular weight is 510 g/mol. The van der Waals surface area contributed by atoms with E-state index in [0.717, 1.165) is 25.2 Å². The maximum Gasteiger partial charge on any atom is 0.281 e. The maximum atomic E-state index is 13.3. The Bertz CT molecular complexity index is 1470. The zero-order chi connectivity index (χ0) is 25.1. The normalized spacial score (nSPS) is 17.5. The summed E-state index contributed by atoms with van der Waals surface area (Å²) in [5.41, 5.74) is -0.552. The van der Waals surface area contributed by atoms with Crippen molar-refractivity contribution >= 4 is 37.3 Å². The molecule has 0 unspecified atom stereocenters. The Morgan fingerprint density at radius 1 is 1.26 bits per heavy atom. The molecule has 1 fully saturated rings. The molecule has 1 saturated carbocycles.